The summed E-state index contributed by atoms with van der Waals surface area (Å²) in [4.78, 5) is 29.8. The molecular formula is C17H22N4O2. The predicted octanol–water partition coefficient (Wildman–Crippen LogP) is 2.09. The number of nitrogens with one attached hydrogen (secondary N) is 1. The molecule has 1 N–H and O–H groups in total. The van der Waals surface area contributed by atoms with E-state index in [0.717, 1.165) is 36.2 Å². The number of rotatable bonds is 2. The Morgan fingerprint density at radius 3 is 2.78 bits per heavy atom. The standard InChI is InChI=1S/C17H22N4O2/c1-11-10-12(2)18-16(22)15(11)17(23)21-8-5-4-6-14(21)13-7-9-20(3)19-13/h7,9-10,14H,4-6,8H2,1-3H3,(H,18,22). The fourth-order valence-electron chi connectivity index (χ4n) is 3.36. The summed E-state index contributed by atoms with van der Waals surface area (Å²) in [5, 5.41) is 4.46. The summed E-state index contributed by atoms with van der Waals surface area (Å²) in [6.45, 7) is 4.29. The summed E-state index contributed by atoms with van der Waals surface area (Å²) >= 11 is 0. The van der Waals surface area contributed by atoms with E-state index in [1.807, 2.05) is 39.2 Å². The second-order valence-corrected chi connectivity index (χ2v) is 6.26. The van der Waals surface area contributed by atoms with Gasteiger partial charge >= 0.3 is 0 Å². The molecule has 1 atom stereocenters. The highest BCUT2D eigenvalue weighted by molar-refractivity contribution is 5.95. The van der Waals surface area contributed by atoms with Crippen molar-refractivity contribution in [2.45, 2.75) is 39.2 Å². The molecule has 0 saturated carbocycles. The third kappa shape index (κ3) is 2.93. The lowest BCUT2D eigenvalue weighted by Gasteiger charge is -2.35. The molecule has 2 aromatic rings. The molecule has 6 nitrogen and oxygen atoms in total. The van der Waals surface area contributed by atoms with Gasteiger partial charge in [0, 0.05) is 25.5 Å². The van der Waals surface area contributed by atoms with Crippen molar-refractivity contribution in [3.63, 3.8) is 0 Å². The number of nitrogens with zero attached hydrogens (tertiary/aromatic N) is 3. The van der Waals surface area contributed by atoms with Crippen molar-refractivity contribution in [3.05, 3.63) is 51.2 Å². The van der Waals surface area contributed by atoms with E-state index in [1.165, 1.54) is 0 Å². The van der Waals surface area contributed by atoms with Gasteiger partial charge in [0.25, 0.3) is 11.5 Å². The number of H-pyrrole nitrogens is 1. The molecular weight excluding hydrogens is 292 g/mol. The highest BCUT2D eigenvalue weighted by Gasteiger charge is 2.32. The highest BCUT2D eigenvalue weighted by Crippen LogP contribution is 2.31. The van der Waals surface area contributed by atoms with E-state index in [1.54, 1.807) is 9.58 Å². The molecule has 0 spiro atoms. The maximum atomic E-state index is 13.0. The van der Waals surface area contributed by atoms with Gasteiger partial charge < -0.3 is 9.88 Å². The number of hydrogen-bond donors (Lipinski definition) is 1. The van der Waals surface area contributed by atoms with Crippen LogP contribution in [0.1, 0.15) is 52.6 Å². The molecule has 0 bridgehead atoms. The van der Waals surface area contributed by atoms with Crippen molar-refractivity contribution in [2.75, 3.05) is 6.54 Å². The topological polar surface area (TPSA) is 71.0 Å². The zero-order valence-electron chi connectivity index (χ0n) is 13.8. The van der Waals surface area contributed by atoms with Crippen LogP contribution in [0.2, 0.25) is 0 Å². The van der Waals surface area contributed by atoms with Gasteiger partial charge in [-0.15, -0.1) is 0 Å². The number of hydrogen-bond acceptors (Lipinski definition) is 3. The number of aryl methyl sites for hydroxylation is 3. The largest absolute Gasteiger partial charge is 0.330 e. The molecule has 0 aliphatic carbocycles. The number of aromatic amines is 1. The summed E-state index contributed by atoms with van der Waals surface area (Å²) in [6, 6.07) is 3.73. The van der Waals surface area contributed by atoms with E-state index in [-0.39, 0.29) is 23.1 Å². The monoisotopic (exact) mass is 314 g/mol. The van der Waals surface area contributed by atoms with Crippen LogP contribution in [0.4, 0.5) is 0 Å². The van der Waals surface area contributed by atoms with Crippen molar-refractivity contribution in [2.24, 2.45) is 7.05 Å². The third-order valence-electron chi connectivity index (χ3n) is 4.42. The van der Waals surface area contributed by atoms with Crippen molar-refractivity contribution in [1.29, 1.82) is 0 Å². The van der Waals surface area contributed by atoms with Crippen LogP contribution in [0.5, 0.6) is 0 Å². The molecule has 3 rings (SSSR count). The first kappa shape index (κ1) is 15.5. The van der Waals surface area contributed by atoms with E-state index in [0.29, 0.717) is 6.54 Å². The van der Waals surface area contributed by atoms with Gasteiger partial charge in [0.15, 0.2) is 0 Å². The average Bonchev–Trinajstić information content (AvgIpc) is 2.92. The van der Waals surface area contributed by atoms with Crippen LogP contribution in [0.25, 0.3) is 0 Å². The molecule has 122 valence electrons. The van der Waals surface area contributed by atoms with Gasteiger partial charge in [-0.05, 0) is 50.8 Å². The minimum atomic E-state index is -0.308. The number of aromatic nitrogens is 3. The summed E-state index contributed by atoms with van der Waals surface area (Å²) in [6.07, 6.45) is 4.79. The minimum Gasteiger partial charge on any atom is -0.330 e. The molecule has 0 radical (unpaired) electrons. The maximum absolute atomic E-state index is 13.0. The summed E-state index contributed by atoms with van der Waals surface area (Å²) in [7, 11) is 1.87. The smallest absolute Gasteiger partial charge is 0.261 e. The summed E-state index contributed by atoms with van der Waals surface area (Å²) in [5.41, 5.74) is 2.32. The second kappa shape index (κ2) is 6.02. The Morgan fingerprint density at radius 2 is 2.13 bits per heavy atom. The first-order valence-electron chi connectivity index (χ1n) is 7.98. The molecule has 6 heteroatoms. The number of pyridine rings is 1. The SMILES string of the molecule is Cc1cc(C)c(C(=O)N2CCCCC2c2ccn(C)n2)c(=O)[nH]1. The molecule has 0 aromatic carbocycles. The molecule has 1 fully saturated rings. The van der Waals surface area contributed by atoms with Crippen molar-refractivity contribution in [3.8, 4) is 0 Å². The molecule has 1 saturated heterocycles. The number of carbonyl (C=O) groups is 1. The fraction of sp³-hybridized carbons (Fsp3) is 0.471. The van der Waals surface area contributed by atoms with Gasteiger partial charge in [-0.25, -0.2) is 0 Å². The van der Waals surface area contributed by atoms with Crippen molar-refractivity contribution < 1.29 is 4.79 Å². The van der Waals surface area contributed by atoms with Crippen LogP contribution in [0.15, 0.2) is 23.1 Å². The number of amides is 1. The fourth-order valence-corrected chi connectivity index (χ4v) is 3.36. The first-order chi connectivity index (χ1) is 11.0. The number of piperidine rings is 1. The number of carbonyl (C=O) groups excluding carboxylic acids is 1. The Balaban J connectivity index is 1.98. The predicted molar refractivity (Wildman–Crippen MR) is 87.4 cm³/mol. The molecule has 1 aliphatic rings. The van der Waals surface area contributed by atoms with Crippen LogP contribution in [0, 0.1) is 13.8 Å². The second-order valence-electron chi connectivity index (χ2n) is 6.26. The zero-order valence-corrected chi connectivity index (χ0v) is 13.8. The van der Waals surface area contributed by atoms with Gasteiger partial charge in [0.2, 0.25) is 0 Å². The molecule has 3 heterocycles. The zero-order chi connectivity index (χ0) is 16.6. The van der Waals surface area contributed by atoms with Crippen molar-refractivity contribution in [1.82, 2.24) is 19.7 Å². The maximum Gasteiger partial charge on any atom is 0.261 e. The highest BCUT2D eigenvalue weighted by atomic mass is 16.2. The Morgan fingerprint density at radius 1 is 1.35 bits per heavy atom. The lowest BCUT2D eigenvalue weighted by molar-refractivity contribution is 0.0602. The van der Waals surface area contributed by atoms with Crippen LogP contribution < -0.4 is 5.56 Å². The van der Waals surface area contributed by atoms with Crippen LogP contribution >= 0.6 is 0 Å². The van der Waals surface area contributed by atoms with Crippen molar-refractivity contribution >= 4 is 5.91 Å². The Bertz CT molecular complexity index is 790. The Labute approximate surface area is 135 Å². The summed E-state index contributed by atoms with van der Waals surface area (Å²) in [5.74, 6) is -0.195. The molecule has 23 heavy (non-hydrogen) atoms. The molecule has 2 aromatic heterocycles. The van der Waals surface area contributed by atoms with Crippen LogP contribution in [-0.4, -0.2) is 32.1 Å². The van der Waals surface area contributed by atoms with E-state index < -0.39 is 0 Å². The minimum absolute atomic E-state index is 0.0578. The van der Waals surface area contributed by atoms with Gasteiger partial charge in [0.1, 0.15) is 5.56 Å². The normalized spacial score (nSPS) is 18.2. The van der Waals surface area contributed by atoms with E-state index >= 15 is 0 Å². The van der Waals surface area contributed by atoms with E-state index in [9.17, 15) is 9.59 Å². The van der Waals surface area contributed by atoms with Gasteiger partial charge in [-0.1, -0.05) is 0 Å². The Hall–Kier alpha value is -2.37. The molecule has 1 unspecified atom stereocenters. The van der Waals surface area contributed by atoms with E-state index in [2.05, 4.69) is 10.1 Å². The lowest BCUT2D eigenvalue weighted by atomic mass is 9.97. The average molecular weight is 314 g/mol. The van der Waals surface area contributed by atoms with Crippen LogP contribution in [0.3, 0.4) is 0 Å². The third-order valence-corrected chi connectivity index (χ3v) is 4.42. The quantitative estimate of drug-likeness (QED) is 0.922. The summed E-state index contributed by atoms with van der Waals surface area (Å²) < 4.78 is 1.75. The van der Waals surface area contributed by atoms with Gasteiger partial charge in [0.05, 0.1) is 11.7 Å². The number of likely N-dealkylation sites (tertiary alicyclic amines) is 1. The van der Waals surface area contributed by atoms with Gasteiger partial charge in [-0.2, -0.15) is 5.10 Å². The van der Waals surface area contributed by atoms with Crippen LogP contribution in [-0.2, 0) is 7.05 Å². The molecule has 1 aliphatic heterocycles. The first-order valence-corrected chi connectivity index (χ1v) is 7.98. The Kier molecular flexibility index (Phi) is 4.07. The lowest BCUT2D eigenvalue weighted by Crippen LogP contribution is -2.41. The van der Waals surface area contributed by atoms with Gasteiger partial charge in [-0.3, -0.25) is 14.3 Å². The molecule has 1 amide bonds. The van der Waals surface area contributed by atoms with E-state index in [4.69, 9.17) is 0 Å².